The quantitative estimate of drug-likeness (QED) is 0.926. The molecule has 0 aliphatic carbocycles. The van der Waals surface area contributed by atoms with Crippen molar-refractivity contribution in [1.82, 2.24) is 10.2 Å². The molecule has 0 aromatic heterocycles. The number of fused-ring (bicyclic) bond motifs is 1. The maximum absolute atomic E-state index is 12.5. The largest absolute Gasteiger partial charge is 0.479 e. The Bertz CT molecular complexity index is 540. The third-order valence-electron chi connectivity index (χ3n) is 4.25. The molecule has 3 atom stereocenters. The van der Waals surface area contributed by atoms with E-state index in [2.05, 4.69) is 5.32 Å². The van der Waals surface area contributed by atoms with Crippen molar-refractivity contribution >= 4 is 29.1 Å². The summed E-state index contributed by atoms with van der Waals surface area (Å²) in [5.41, 5.74) is 0. The van der Waals surface area contributed by atoms with Crippen LogP contribution in [0.2, 0.25) is 10.0 Å². The van der Waals surface area contributed by atoms with Gasteiger partial charge in [-0.15, -0.1) is 0 Å². The predicted octanol–water partition coefficient (Wildman–Crippen LogP) is 2.44. The molecule has 1 unspecified atom stereocenters. The van der Waals surface area contributed by atoms with Gasteiger partial charge in [0.1, 0.15) is 5.75 Å². The number of carbonyl (C=O) groups excluding carboxylic acids is 1. The predicted molar refractivity (Wildman–Crippen MR) is 83.0 cm³/mol. The highest BCUT2D eigenvalue weighted by atomic mass is 35.5. The molecule has 0 saturated carbocycles. The topological polar surface area (TPSA) is 41.6 Å². The number of likely N-dealkylation sites (tertiary alicyclic amines) is 1. The number of benzene rings is 1. The van der Waals surface area contributed by atoms with Crippen molar-refractivity contribution in [2.45, 2.75) is 13.0 Å². The summed E-state index contributed by atoms with van der Waals surface area (Å²) >= 11 is 11.9. The minimum Gasteiger partial charge on any atom is -0.479 e. The van der Waals surface area contributed by atoms with Crippen LogP contribution in [-0.4, -0.2) is 43.1 Å². The number of hydrogen-bond acceptors (Lipinski definition) is 3. The molecule has 2 heterocycles. The van der Waals surface area contributed by atoms with Gasteiger partial charge in [-0.25, -0.2) is 0 Å². The molecule has 4 nitrogen and oxygen atoms in total. The van der Waals surface area contributed by atoms with Crippen LogP contribution < -0.4 is 10.1 Å². The second kappa shape index (κ2) is 6.03. The zero-order valence-electron chi connectivity index (χ0n) is 11.8. The van der Waals surface area contributed by atoms with Crippen LogP contribution in [0.1, 0.15) is 6.92 Å². The lowest BCUT2D eigenvalue weighted by molar-refractivity contribution is -0.137. The molecule has 1 aromatic rings. The molecule has 1 amide bonds. The Balaban J connectivity index is 1.62. The highest BCUT2D eigenvalue weighted by Gasteiger charge is 2.39. The van der Waals surface area contributed by atoms with Gasteiger partial charge in [-0.2, -0.15) is 0 Å². The van der Waals surface area contributed by atoms with E-state index in [0.717, 1.165) is 26.2 Å². The summed E-state index contributed by atoms with van der Waals surface area (Å²) < 4.78 is 5.70. The molecule has 2 saturated heterocycles. The smallest absolute Gasteiger partial charge is 0.263 e. The summed E-state index contributed by atoms with van der Waals surface area (Å²) in [4.78, 5) is 14.4. The van der Waals surface area contributed by atoms with Crippen LogP contribution in [0.15, 0.2) is 18.2 Å². The average molecular weight is 329 g/mol. The fraction of sp³-hybridized carbons (Fsp3) is 0.533. The first-order chi connectivity index (χ1) is 10.0. The van der Waals surface area contributed by atoms with Crippen molar-refractivity contribution in [3.63, 3.8) is 0 Å². The molecule has 1 aromatic carbocycles. The molecule has 0 radical (unpaired) electrons. The van der Waals surface area contributed by atoms with Crippen molar-refractivity contribution in [1.29, 1.82) is 0 Å². The van der Waals surface area contributed by atoms with Gasteiger partial charge in [-0.3, -0.25) is 4.79 Å². The maximum Gasteiger partial charge on any atom is 0.263 e. The van der Waals surface area contributed by atoms with Gasteiger partial charge in [0.05, 0.1) is 5.02 Å². The summed E-state index contributed by atoms with van der Waals surface area (Å²) in [6.45, 7) is 5.41. The summed E-state index contributed by atoms with van der Waals surface area (Å²) in [5.74, 6) is 1.68. The van der Waals surface area contributed by atoms with E-state index in [0.29, 0.717) is 27.6 Å². The molecule has 2 aliphatic heterocycles. The number of ether oxygens (including phenoxy) is 1. The van der Waals surface area contributed by atoms with E-state index in [9.17, 15) is 4.79 Å². The highest BCUT2D eigenvalue weighted by molar-refractivity contribution is 6.35. The van der Waals surface area contributed by atoms with E-state index in [1.807, 2.05) is 4.90 Å². The van der Waals surface area contributed by atoms with Gasteiger partial charge < -0.3 is 15.0 Å². The van der Waals surface area contributed by atoms with Crippen LogP contribution in [0.4, 0.5) is 0 Å². The van der Waals surface area contributed by atoms with E-state index < -0.39 is 6.10 Å². The number of carbonyl (C=O) groups is 1. The Labute approximate surface area is 134 Å². The first kappa shape index (κ1) is 14.9. The van der Waals surface area contributed by atoms with Crippen LogP contribution in [0.3, 0.4) is 0 Å². The zero-order valence-corrected chi connectivity index (χ0v) is 13.3. The van der Waals surface area contributed by atoms with Gasteiger partial charge >= 0.3 is 0 Å². The zero-order chi connectivity index (χ0) is 15.0. The normalized spacial score (nSPS) is 25.8. The maximum atomic E-state index is 12.5. The Morgan fingerprint density at radius 3 is 2.62 bits per heavy atom. The number of rotatable bonds is 3. The van der Waals surface area contributed by atoms with Gasteiger partial charge in [0, 0.05) is 31.2 Å². The number of nitrogens with one attached hydrogen (secondary N) is 1. The molecule has 114 valence electrons. The molecular formula is C15H18Cl2N2O2. The second-order valence-corrected chi connectivity index (χ2v) is 6.60. The first-order valence-electron chi connectivity index (χ1n) is 7.16. The number of nitrogens with zero attached hydrogens (tertiary/aromatic N) is 1. The number of hydrogen-bond donors (Lipinski definition) is 1. The molecule has 0 bridgehead atoms. The van der Waals surface area contributed by atoms with Gasteiger partial charge in [-0.05, 0) is 37.0 Å². The Hall–Kier alpha value is -0.970. The molecule has 2 aliphatic rings. The van der Waals surface area contributed by atoms with Crippen molar-refractivity contribution in [2.24, 2.45) is 11.8 Å². The van der Waals surface area contributed by atoms with E-state index >= 15 is 0 Å². The van der Waals surface area contributed by atoms with Crippen molar-refractivity contribution in [3.05, 3.63) is 28.2 Å². The van der Waals surface area contributed by atoms with E-state index in [4.69, 9.17) is 27.9 Å². The third-order valence-corrected chi connectivity index (χ3v) is 4.78. The van der Waals surface area contributed by atoms with Crippen molar-refractivity contribution in [2.75, 3.05) is 26.2 Å². The molecule has 2 fully saturated rings. The van der Waals surface area contributed by atoms with E-state index in [1.54, 1.807) is 25.1 Å². The lowest BCUT2D eigenvalue weighted by atomic mass is 10.0. The molecule has 21 heavy (non-hydrogen) atoms. The third kappa shape index (κ3) is 3.12. The highest BCUT2D eigenvalue weighted by Crippen LogP contribution is 2.30. The van der Waals surface area contributed by atoms with Crippen molar-refractivity contribution < 1.29 is 9.53 Å². The summed E-state index contributed by atoms with van der Waals surface area (Å²) in [7, 11) is 0. The molecule has 3 rings (SSSR count). The lowest BCUT2D eigenvalue weighted by Gasteiger charge is -2.23. The molecule has 6 heteroatoms. The fourth-order valence-corrected chi connectivity index (χ4v) is 3.56. The van der Waals surface area contributed by atoms with Crippen LogP contribution in [-0.2, 0) is 4.79 Å². The molecule has 0 spiro atoms. The minimum absolute atomic E-state index is 0.0235. The summed E-state index contributed by atoms with van der Waals surface area (Å²) in [6, 6.07) is 5.00. The molecular weight excluding hydrogens is 311 g/mol. The Morgan fingerprint density at radius 2 is 2.00 bits per heavy atom. The fourth-order valence-electron chi connectivity index (χ4n) is 3.10. The van der Waals surface area contributed by atoms with E-state index in [1.165, 1.54) is 0 Å². The minimum atomic E-state index is -0.546. The monoisotopic (exact) mass is 328 g/mol. The number of halogens is 2. The van der Waals surface area contributed by atoms with Gasteiger partial charge in [0.15, 0.2) is 6.10 Å². The number of amides is 1. The van der Waals surface area contributed by atoms with Gasteiger partial charge in [0.2, 0.25) is 0 Å². The van der Waals surface area contributed by atoms with Crippen LogP contribution in [0, 0.1) is 11.8 Å². The lowest BCUT2D eigenvalue weighted by Crippen LogP contribution is -2.40. The van der Waals surface area contributed by atoms with Gasteiger partial charge in [0.25, 0.3) is 5.91 Å². The van der Waals surface area contributed by atoms with Crippen LogP contribution in [0.5, 0.6) is 5.75 Å². The summed E-state index contributed by atoms with van der Waals surface area (Å²) in [5, 5.41) is 4.33. The molecule has 1 N–H and O–H groups in total. The van der Waals surface area contributed by atoms with Crippen LogP contribution >= 0.6 is 23.2 Å². The van der Waals surface area contributed by atoms with E-state index in [-0.39, 0.29) is 5.91 Å². The van der Waals surface area contributed by atoms with Gasteiger partial charge in [-0.1, -0.05) is 23.2 Å². The van der Waals surface area contributed by atoms with Crippen LogP contribution in [0.25, 0.3) is 0 Å². The summed E-state index contributed by atoms with van der Waals surface area (Å²) in [6.07, 6.45) is -0.546. The Kier molecular flexibility index (Phi) is 4.29. The average Bonchev–Trinajstić information content (AvgIpc) is 3.01. The Morgan fingerprint density at radius 1 is 1.33 bits per heavy atom. The SMILES string of the molecule is CC(Oc1ccc(Cl)cc1Cl)C(=O)N1C[C@H]2CNC[C@H]2C1. The second-order valence-electron chi connectivity index (χ2n) is 5.76. The van der Waals surface area contributed by atoms with Crippen molar-refractivity contribution in [3.8, 4) is 5.75 Å². The standard InChI is InChI=1S/C15H18Cl2N2O2/c1-9(21-14-3-2-12(16)4-13(14)17)15(20)19-7-10-5-18-6-11(10)8-19/h2-4,9-11,18H,5-8H2,1H3/t9?,10-,11+. The first-order valence-corrected chi connectivity index (χ1v) is 7.91.